The van der Waals surface area contributed by atoms with Crippen LogP contribution in [0, 0.1) is 11.8 Å². The molecule has 1 aliphatic rings. The van der Waals surface area contributed by atoms with Gasteiger partial charge in [-0.1, -0.05) is 70.5 Å². The third kappa shape index (κ3) is 4.85. The highest BCUT2D eigenvalue weighted by molar-refractivity contribution is 9.11. The van der Waals surface area contributed by atoms with Crippen molar-refractivity contribution >= 4 is 31.9 Å². The van der Waals surface area contributed by atoms with Crippen molar-refractivity contribution in [1.82, 2.24) is 5.32 Å². The second-order valence-corrected chi connectivity index (χ2v) is 8.03. The lowest BCUT2D eigenvalue weighted by Crippen LogP contribution is -2.23. The Balaban J connectivity index is 1.76. The number of hydrogen-bond donors (Lipinski definition) is 1. The number of hydrogen-bond acceptors (Lipinski definition) is 1. The van der Waals surface area contributed by atoms with Crippen molar-refractivity contribution in [3.63, 3.8) is 0 Å². The summed E-state index contributed by atoms with van der Waals surface area (Å²) in [6.45, 7) is 5.77. The zero-order valence-electron chi connectivity index (χ0n) is 12.5. The molecule has 1 nitrogen and oxygen atoms in total. The first-order valence-corrected chi connectivity index (χ1v) is 9.33. The summed E-state index contributed by atoms with van der Waals surface area (Å²) in [6.07, 6.45) is 7.04. The van der Waals surface area contributed by atoms with Gasteiger partial charge in [-0.3, -0.25) is 0 Å². The van der Waals surface area contributed by atoms with Crippen LogP contribution in [-0.2, 0) is 0 Å². The highest BCUT2D eigenvalue weighted by Gasteiger charge is 2.18. The van der Waals surface area contributed by atoms with Crippen molar-refractivity contribution in [3.8, 4) is 0 Å². The molecule has 0 heterocycles. The van der Waals surface area contributed by atoms with Crippen molar-refractivity contribution in [3.05, 3.63) is 32.7 Å². The third-order valence-electron chi connectivity index (χ3n) is 4.57. The van der Waals surface area contributed by atoms with Crippen LogP contribution in [0.2, 0.25) is 0 Å². The van der Waals surface area contributed by atoms with Gasteiger partial charge in [0.1, 0.15) is 0 Å². The molecule has 0 saturated heterocycles. The molecule has 1 fully saturated rings. The molecule has 112 valence electrons. The molecule has 0 radical (unpaired) electrons. The van der Waals surface area contributed by atoms with Crippen molar-refractivity contribution in [2.45, 2.75) is 52.0 Å². The fraction of sp³-hybridized carbons (Fsp3) is 0.647. The van der Waals surface area contributed by atoms with E-state index in [1.807, 2.05) is 0 Å². The van der Waals surface area contributed by atoms with Crippen LogP contribution in [0.5, 0.6) is 0 Å². The molecule has 1 aliphatic carbocycles. The van der Waals surface area contributed by atoms with Gasteiger partial charge in [0, 0.05) is 15.0 Å². The molecule has 0 aromatic heterocycles. The van der Waals surface area contributed by atoms with Crippen LogP contribution in [0.3, 0.4) is 0 Å². The minimum Gasteiger partial charge on any atom is -0.310 e. The van der Waals surface area contributed by atoms with E-state index in [4.69, 9.17) is 0 Å². The molecule has 20 heavy (non-hydrogen) atoms. The quantitative estimate of drug-likeness (QED) is 0.629. The Kier molecular flexibility index (Phi) is 6.57. The van der Waals surface area contributed by atoms with Crippen LogP contribution in [0.15, 0.2) is 27.1 Å². The van der Waals surface area contributed by atoms with E-state index in [2.05, 4.69) is 69.2 Å². The Morgan fingerprint density at radius 2 is 1.90 bits per heavy atom. The molecule has 0 spiro atoms. The largest absolute Gasteiger partial charge is 0.310 e. The normalized spacial score (nSPS) is 24.6. The van der Waals surface area contributed by atoms with Crippen molar-refractivity contribution in [2.75, 3.05) is 6.54 Å². The SMILES string of the molecule is CC1CCC(CCNC(C)c2ccc(Br)cc2Br)CC1. The Hall–Kier alpha value is 0.140. The second kappa shape index (κ2) is 7.95. The third-order valence-corrected chi connectivity index (χ3v) is 5.75. The van der Waals surface area contributed by atoms with E-state index in [0.717, 1.165) is 22.9 Å². The van der Waals surface area contributed by atoms with Crippen molar-refractivity contribution in [1.29, 1.82) is 0 Å². The Morgan fingerprint density at radius 3 is 2.55 bits per heavy atom. The van der Waals surface area contributed by atoms with Crippen molar-refractivity contribution in [2.24, 2.45) is 11.8 Å². The summed E-state index contributed by atoms with van der Waals surface area (Å²) in [5, 5.41) is 3.67. The molecule has 0 aliphatic heterocycles. The van der Waals surface area contributed by atoms with Crippen molar-refractivity contribution < 1.29 is 0 Å². The van der Waals surface area contributed by atoms with E-state index in [1.54, 1.807) is 0 Å². The van der Waals surface area contributed by atoms with Gasteiger partial charge in [-0.05, 0) is 49.4 Å². The number of rotatable bonds is 5. The lowest BCUT2D eigenvalue weighted by molar-refractivity contribution is 0.273. The molecule has 1 unspecified atom stereocenters. The summed E-state index contributed by atoms with van der Waals surface area (Å²) < 4.78 is 2.30. The zero-order valence-corrected chi connectivity index (χ0v) is 15.6. The maximum atomic E-state index is 3.67. The van der Waals surface area contributed by atoms with E-state index in [9.17, 15) is 0 Å². The maximum absolute atomic E-state index is 3.67. The summed E-state index contributed by atoms with van der Waals surface area (Å²) >= 11 is 7.16. The first kappa shape index (κ1) is 16.5. The number of benzene rings is 1. The van der Waals surface area contributed by atoms with E-state index >= 15 is 0 Å². The van der Waals surface area contributed by atoms with Crippen LogP contribution >= 0.6 is 31.9 Å². The average Bonchev–Trinajstić information content (AvgIpc) is 2.41. The molecule has 1 aromatic carbocycles. The van der Waals surface area contributed by atoms with Gasteiger partial charge in [0.05, 0.1) is 0 Å². The summed E-state index contributed by atoms with van der Waals surface area (Å²) in [5.74, 6) is 1.90. The minimum atomic E-state index is 0.403. The van der Waals surface area contributed by atoms with Gasteiger partial charge in [-0.15, -0.1) is 0 Å². The Labute approximate surface area is 140 Å². The topological polar surface area (TPSA) is 12.0 Å². The molecular formula is C17H25Br2N. The first-order chi connectivity index (χ1) is 9.56. The van der Waals surface area contributed by atoms with Crippen LogP contribution < -0.4 is 5.32 Å². The summed E-state index contributed by atoms with van der Waals surface area (Å²) in [5.41, 5.74) is 1.34. The number of halogens is 2. The fourth-order valence-corrected chi connectivity index (χ4v) is 4.47. The van der Waals surface area contributed by atoms with Gasteiger partial charge in [0.15, 0.2) is 0 Å². The van der Waals surface area contributed by atoms with Gasteiger partial charge < -0.3 is 5.32 Å². The van der Waals surface area contributed by atoms with Crippen LogP contribution in [0.4, 0.5) is 0 Å². The fourth-order valence-electron chi connectivity index (χ4n) is 3.08. The lowest BCUT2D eigenvalue weighted by atomic mass is 9.81. The molecule has 0 amide bonds. The molecule has 3 heteroatoms. The average molecular weight is 403 g/mol. The lowest BCUT2D eigenvalue weighted by Gasteiger charge is -2.26. The van der Waals surface area contributed by atoms with Crippen LogP contribution in [0.1, 0.15) is 57.6 Å². The van der Waals surface area contributed by atoms with Crippen LogP contribution in [0.25, 0.3) is 0 Å². The highest BCUT2D eigenvalue weighted by Crippen LogP contribution is 2.30. The minimum absolute atomic E-state index is 0.403. The molecule has 0 bridgehead atoms. The van der Waals surface area contributed by atoms with E-state index in [0.29, 0.717) is 6.04 Å². The van der Waals surface area contributed by atoms with E-state index in [1.165, 1.54) is 42.1 Å². The monoisotopic (exact) mass is 401 g/mol. The maximum Gasteiger partial charge on any atom is 0.0302 e. The predicted molar refractivity (Wildman–Crippen MR) is 94.0 cm³/mol. The first-order valence-electron chi connectivity index (χ1n) is 7.74. The molecule has 2 rings (SSSR count). The zero-order chi connectivity index (χ0) is 14.5. The van der Waals surface area contributed by atoms with Gasteiger partial charge in [-0.2, -0.15) is 0 Å². The van der Waals surface area contributed by atoms with Gasteiger partial charge in [0.2, 0.25) is 0 Å². The van der Waals surface area contributed by atoms with Crippen LogP contribution in [-0.4, -0.2) is 6.54 Å². The molecule has 1 saturated carbocycles. The summed E-state index contributed by atoms with van der Waals surface area (Å²) in [6, 6.07) is 6.82. The summed E-state index contributed by atoms with van der Waals surface area (Å²) in [7, 11) is 0. The Morgan fingerprint density at radius 1 is 1.20 bits per heavy atom. The van der Waals surface area contributed by atoms with Gasteiger partial charge in [0.25, 0.3) is 0 Å². The molecule has 1 N–H and O–H groups in total. The molecular weight excluding hydrogens is 378 g/mol. The summed E-state index contributed by atoms with van der Waals surface area (Å²) in [4.78, 5) is 0. The molecule has 1 atom stereocenters. The van der Waals surface area contributed by atoms with E-state index in [-0.39, 0.29) is 0 Å². The molecule has 1 aromatic rings. The highest BCUT2D eigenvalue weighted by atomic mass is 79.9. The second-order valence-electron chi connectivity index (χ2n) is 6.26. The smallest absolute Gasteiger partial charge is 0.0302 e. The van der Waals surface area contributed by atoms with Gasteiger partial charge >= 0.3 is 0 Å². The Bertz CT molecular complexity index is 425. The van der Waals surface area contributed by atoms with Gasteiger partial charge in [-0.25, -0.2) is 0 Å². The standard InChI is InChI=1S/C17H25Br2N/c1-12-3-5-14(6-4-12)9-10-20-13(2)16-8-7-15(18)11-17(16)19/h7-8,11-14,20H,3-6,9-10H2,1-2H3. The number of nitrogens with one attached hydrogen (secondary N) is 1. The van der Waals surface area contributed by atoms with E-state index < -0.39 is 0 Å². The predicted octanol–water partition coefficient (Wildman–Crippen LogP) is 6.08.